The third kappa shape index (κ3) is 10.3. The maximum Gasteiger partial charge on any atom is 0.367 e. The van der Waals surface area contributed by atoms with Gasteiger partial charge in [-0.25, -0.2) is 13.2 Å². The highest BCUT2D eigenvalue weighted by Crippen LogP contribution is 2.22. The minimum Gasteiger partial charge on any atom is -0.743 e. The molecule has 0 bridgehead atoms. The molecule has 0 aliphatic rings. The van der Waals surface area contributed by atoms with E-state index in [-0.39, 0.29) is 37.6 Å². The van der Waals surface area contributed by atoms with Gasteiger partial charge in [0.2, 0.25) is 0 Å². The fraction of sp³-hybridized carbons (Fsp3) is 0.423. The number of ether oxygens (including phenoxy) is 1. The van der Waals surface area contributed by atoms with Crippen LogP contribution in [0.4, 0.5) is 8.78 Å². The monoisotopic (exact) mass is 622 g/mol. The highest BCUT2D eigenvalue weighted by atomic mass is 127. The van der Waals surface area contributed by atoms with E-state index in [1.807, 2.05) is 0 Å². The molecule has 35 heavy (non-hydrogen) atoms. The average Bonchev–Trinajstić information content (AvgIpc) is 2.71. The number of hydrogen-bond acceptors (Lipinski definition) is 5. The second kappa shape index (κ2) is 11.9. The maximum atomic E-state index is 12.3. The standard InChI is InChI=1S/C20H26I.C6H8F2O5S/c1-19(2,3)15-7-11-17(12-8-15)21-18-13-9-16(10-14-18)20(4,5)6;1-4(2)5(9)13-3-6(7,8)14(10,11)12/h7-14H,1-6H3;1,3H2,2H3,(H,10,11,12)/q+1;/p-1. The Hall–Kier alpha value is -1.85. The summed E-state index contributed by atoms with van der Waals surface area (Å²) in [7, 11) is -5.81. The van der Waals surface area contributed by atoms with E-state index in [1.54, 1.807) is 0 Å². The van der Waals surface area contributed by atoms with E-state index in [2.05, 4.69) is 101 Å². The van der Waals surface area contributed by atoms with Gasteiger partial charge in [0.1, 0.15) is 0 Å². The predicted octanol–water partition coefficient (Wildman–Crippen LogP) is 2.65. The zero-order valence-corrected chi connectivity index (χ0v) is 24.1. The number of esters is 1. The van der Waals surface area contributed by atoms with Crippen LogP contribution in [0.3, 0.4) is 0 Å². The quantitative estimate of drug-likeness (QED) is 0.214. The van der Waals surface area contributed by atoms with Gasteiger partial charge in [-0.15, -0.1) is 0 Å². The molecule has 0 heterocycles. The molecule has 0 fully saturated rings. The van der Waals surface area contributed by atoms with Gasteiger partial charge in [-0.3, -0.25) is 0 Å². The molecule has 194 valence electrons. The van der Waals surface area contributed by atoms with Crippen molar-refractivity contribution in [1.82, 2.24) is 0 Å². The number of benzene rings is 2. The first-order chi connectivity index (χ1) is 15.7. The van der Waals surface area contributed by atoms with Crippen molar-refractivity contribution in [2.45, 2.75) is 64.6 Å². The third-order valence-electron chi connectivity index (χ3n) is 4.72. The first kappa shape index (κ1) is 31.2. The van der Waals surface area contributed by atoms with Crippen LogP contribution in [0.2, 0.25) is 0 Å². The van der Waals surface area contributed by atoms with Crippen molar-refractivity contribution >= 4 is 16.1 Å². The summed E-state index contributed by atoms with van der Waals surface area (Å²) in [5.74, 6) is -1.19. The van der Waals surface area contributed by atoms with Gasteiger partial charge in [-0.1, -0.05) is 72.4 Å². The fourth-order valence-corrected chi connectivity index (χ4v) is 4.86. The number of carbonyl (C=O) groups excluding carboxylic acids is 1. The SMILES string of the molecule is C=C(C)C(=O)OCC(F)(F)S(=O)(=O)[O-].CC(C)(C)c1ccc([I+]c2ccc(C(C)(C)C)cc2)cc1. The van der Waals surface area contributed by atoms with Gasteiger partial charge in [0.05, 0.1) is 0 Å². The summed E-state index contributed by atoms with van der Waals surface area (Å²) in [5.41, 5.74) is 3.14. The summed E-state index contributed by atoms with van der Waals surface area (Å²) in [6.45, 7) is 16.1. The van der Waals surface area contributed by atoms with E-state index >= 15 is 0 Å². The van der Waals surface area contributed by atoms with Crippen LogP contribution < -0.4 is 21.2 Å². The molecule has 0 amide bonds. The minimum absolute atomic E-state index is 0.0703. The number of halogens is 3. The molecule has 2 aromatic carbocycles. The van der Waals surface area contributed by atoms with Crippen LogP contribution in [0.1, 0.15) is 59.6 Å². The number of hydrogen-bond donors (Lipinski definition) is 0. The Morgan fingerprint density at radius 1 is 0.886 bits per heavy atom. The minimum atomic E-state index is -5.81. The smallest absolute Gasteiger partial charge is 0.367 e. The van der Waals surface area contributed by atoms with E-state index in [0.29, 0.717) is 0 Å². The zero-order valence-electron chi connectivity index (χ0n) is 21.1. The summed E-state index contributed by atoms with van der Waals surface area (Å²) in [5, 5.41) is -4.61. The first-order valence-corrected chi connectivity index (χ1v) is 14.3. The largest absolute Gasteiger partial charge is 0.743 e. The summed E-state index contributed by atoms with van der Waals surface area (Å²) < 4.78 is 61.3. The van der Waals surface area contributed by atoms with Crippen LogP contribution in [0.25, 0.3) is 0 Å². The van der Waals surface area contributed by atoms with Gasteiger partial charge in [0, 0.05) is 5.57 Å². The lowest BCUT2D eigenvalue weighted by Gasteiger charge is -2.19. The summed E-state index contributed by atoms with van der Waals surface area (Å²) in [6, 6.07) is 18.4. The lowest BCUT2D eigenvalue weighted by Crippen LogP contribution is -3.61. The van der Waals surface area contributed by atoms with E-state index in [1.165, 1.54) is 25.2 Å². The Balaban J connectivity index is 0.000000383. The molecule has 5 nitrogen and oxygen atoms in total. The van der Waals surface area contributed by atoms with Crippen molar-refractivity contribution in [3.8, 4) is 0 Å². The number of carbonyl (C=O) groups is 1. The third-order valence-corrected chi connectivity index (χ3v) is 8.26. The Morgan fingerprint density at radius 2 is 1.23 bits per heavy atom. The molecular weight excluding hydrogens is 589 g/mol. The Morgan fingerprint density at radius 3 is 1.49 bits per heavy atom. The van der Waals surface area contributed by atoms with Crippen LogP contribution in [-0.2, 0) is 30.5 Å². The van der Waals surface area contributed by atoms with Crippen molar-refractivity contribution in [2.24, 2.45) is 0 Å². The van der Waals surface area contributed by atoms with E-state index in [4.69, 9.17) is 0 Å². The molecular formula is C26H33F2IO5S. The lowest BCUT2D eigenvalue weighted by atomic mass is 9.87. The second-order valence-corrected chi connectivity index (χ2v) is 14.6. The first-order valence-electron chi connectivity index (χ1n) is 10.8. The maximum absolute atomic E-state index is 12.3. The highest BCUT2D eigenvalue weighted by molar-refractivity contribution is 7.86. The molecule has 0 aromatic heterocycles. The normalized spacial score (nSPS) is 12.4. The van der Waals surface area contributed by atoms with E-state index < -0.39 is 27.9 Å². The molecule has 0 saturated heterocycles. The Labute approximate surface area is 218 Å². The average molecular weight is 623 g/mol. The highest BCUT2D eigenvalue weighted by Gasteiger charge is 2.39. The van der Waals surface area contributed by atoms with Gasteiger partial charge < -0.3 is 9.29 Å². The van der Waals surface area contributed by atoms with E-state index in [9.17, 15) is 26.5 Å². The van der Waals surface area contributed by atoms with Crippen molar-refractivity contribution < 1.29 is 52.5 Å². The van der Waals surface area contributed by atoms with Crippen molar-refractivity contribution in [2.75, 3.05) is 6.61 Å². The van der Waals surface area contributed by atoms with Gasteiger partial charge in [-0.2, -0.15) is 8.78 Å². The van der Waals surface area contributed by atoms with Gasteiger partial charge in [0.15, 0.2) is 23.9 Å². The Bertz CT molecular complexity index is 1060. The zero-order chi connectivity index (χ0) is 27.2. The van der Waals surface area contributed by atoms with Gasteiger partial charge in [0.25, 0.3) is 0 Å². The molecule has 0 N–H and O–H groups in total. The molecule has 2 rings (SSSR count). The molecule has 0 aliphatic carbocycles. The summed E-state index contributed by atoms with van der Waals surface area (Å²) in [6.07, 6.45) is 0. The Kier molecular flexibility index (Phi) is 10.6. The fourth-order valence-electron chi connectivity index (χ4n) is 2.50. The molecule has 9 heteroatoms. The summed E-state index contributed by atoms with van der Waals surface area (Å²) in [4.78, 5) is 10.6. The number of alkyl halides is 2. The predicted molar refractivity (Wildman–Crippen MR) is 128 cm³/mol. The molecule has 0 radical (unpaired) electrons. The van der Waals surface area contributed by atoms with Crippen LogP contribution >= 0.6 is 0 Å². The van der Waals surface area contributed by atoms with Crippen LogP contribution in [-0.4, -0.2) is 30.8 Å². The summed E-state index contributed by atoms with van der Waals surface area (Å²) >= 11 is -0.0703. The number of rotatable bonds is 6. The molecule has 0 aliphatic heterocycles. The molecule has 0 saturated carbocycles. The van der Waals surface area contributed by atoms with Crippen LogP contribution in [0.15, 0.2) is 60.7 Å². The van der Waals surface area contributed by atoms with Crippen LogP contribution in [0, 0.1) is 7.14 Å². The lowest BCUT2D eigenvalue weighted by molar-refractivity contribution is -0.597. The van der Waals surface area contributed by atoms with Gasteiger partial charge in [-0.05, 0) is 53.1 Å². The van der Waals surface area contributed by atoms with Crippen molar-refractivity contribution in [3.63, 3.8) is 0 Å². The second-order valence-electron chi connectivity index (χ2n) is 10.1. The van der Waals surface area contributed by atoms with Crippen LogP contribution in [0.5, 0.6) is 0 Å². The molecule has 0 spiro atoms. The van der Waals surface area contributed by atoms with Gasteiger partial charge >= 0.3 is 32.4 Å². The topological polar surface area (TPSA) is 83.5 Å². The molecule has 2 aromatic rings. The van der Waals surface area contributed by atoms with Crippen molar-refractivity contribution in [1.29, 1.82) is 0 Å². The molecule has 0 atom stereocenters. The van der Waals surface area contributed by atoms with E-state index in [0.717, 1.165) is 0 Å². The van der Waals surface area contributed by atoms with Crippen molar-refractivity contribution in [3.05, 3.63) is 79.0 Å². The molecule has 0 unspecified atom stereocenters.